The van der Waals surface area contributed by atoms with Gasteiger partial charge in [-0.3, -0.25) is 25.8 Å². The molecule has 0 atom stereocenters. The molecule has 11 heteroatoms. The Balaban J connectivity index is 1.83. The Morgan fingerprint density at radius 1 is 1.00 bits per heavy atom. The lowest BCUT2D eigenvalue weighted by Crippen LogP contribution is -2.30. The molecule has 142 valence electrons. The van der Waals surface area contributed by atoms with Crippen LogP contribution in [0.3, 0.4) is 0 Å². The Hall–Kier alpha value is -3.05. The maximum Gasteiger partial charge on any atom is 0.355 e. The van der Waals surface area contributed by atoms with Crippen LogP contribution in [0.2, 0.25) is 0 Å². The van der Waals surface area contributed by atoms with Crippen molar-refractivity contribution >= 4 is 60.8 Å². The average molecular weight is 508 g/mol. The van der Waals surface area contributed by atoms with E-state index in [1.807, 2.05) is 0 Å². The number of hydrogen-bond donors (Lipinski definition) is 3. The summed E-state index contributed by atoms with van der Waals surface area (Å²) < 4.78 is 1.46. The Kier molecular flexibility index (Phi) is 6.16. The van der Waals surface area contributed by atoms with Gasteiger partial charge in [0, 0.05) is 14.6 Å². The molecule has 0 aliphatic rings. The molecule has 0 spiro atoms. The van der Waals surface area contributed by atoms with Crippen LogP contribution >= 0.6 is 31.9 Å². The maximum atomic E-state index is 12.3. The van der Waals surface area contributed by atoms with Crippen LogP contribution in [0.4, 0.5) is 23.0 Å². The molecule has 3 rings (SSSR count). The standard InChI is InChI=1S/C17H12Br2N6O3/c18-10-5-7-11(8-6-10)22-15-14(25(27)28)16(21-9-20-15)23-24-17(26)12-3-1-2-4-13(12)19/h1-9H,(H,24,26)(H2,20,21,22,23). The van der Waals surface area contributed by atoms with Gasteiger partial charge in [-0.15, -0.1) is 0 Å². The molecular weight excluding hydrogens is 496 g/mol. The second-order valence-corrected chi connectivity index (χ2v) is 7.14. The number of carbonyl (C=O) groups is 1. The number of hydrogen-bond acceptors (Lipinski definition) is 7. The molecule has 28 heavy (non-hydrogen) atoms. The first-order valence-corrected chi connectivity index (χ1v) is 9.37. The summed E-state index contributed by atoms with van der Waals surface area (Å²) >= 11 is 6.60. The zero-order chi connectivity index (χ0) is 20.1. The van der Waals surface area contributed by atoms with Gasteiger partial charge in [-0.25, -0.2) is 9.97 Å². The zero-order valence-corrected chi connectivity index (χ0v) is 17.2. The third-order valence-corrected chi connectivity index (χ3v) is 4.74. The minimum Gasteiger partial charge on any atom is -0.334 e. The molecular formula is C17H12Br2N6O3. The highest BCUT2D eigenvalue weighted by Crippen LogP contribution is 2.31. The highest BCUT2D eigenvalue weighted by atomic mass is 79.9. The van der Waals surface area contributed by atoms with Gasteiger partial charge in [0.25, 0.3) is 5.91 Å². The maximum absolute atomic E-state index is 12.3. The summed E-state index contributed by atoms with van der Waals surface area (Å²) in [5, 5.41) is 14.4. The number of carbonyl (C=O) groups excluding carboxylic acids is 1. The summed E-state index contributed by atoms with van der Waals surface area (Å²) in [5.74, 6) is -0.650. The Bertz CT molecular complexity index is 1030. The number of amides is 1. The van der Waals surface area contributed by atoms with E-state index in [4.69, 9.17) is 0 Å². The van der Waals surface area contributed by atoms with Crippen molar-refractivity contribution in [1.29, 1.82) is 0 Å². The number of aromatic nitrogens is 2. The molecule has 3 aromatic rings. The topological polar surface area (TPSA) is 122 Å². The molecule has 3 N–H and O–H groups in total. The van der Waals surface area contributed by atoms with E-state index in [1.54, 1.807) is 48.5 Å². The molecule has 1 amide bonds. The first kappa shape index (κ1) is 19.7. The van der Waals surface area contributed by atoms with Gasteiger partial charge >= 0.3 is 5.69 Å². The Morgan fingerprint density at radius 2 is 1.68 bits per heavy atom. The first-order valence-electron chi connectivity index (χ1n) is 7.78. The molecule has 2 aromatic carbocycles. The SMILES string of the molecule is O=C(NNc1ncnc(Nc2ccc(Br)cc2)c1[N+](=O)[O-])c1ccccc1Br. The Labute approximate surface area is 176 Å². The van der Waals surface area contributed by atoms with E-state index in [0.29, 0.717) is 15.7 Å². The summed E-state index contributed by atoms with van der Waals surface area (Å²) in [6.45, 7) is 0. The summed E-state index contributed by atoms with van der Waals surface area (Å²) in [7, 11) is 0. The quantitative estimate of drug-likeness (QED) is 0.333. The van der Waals surface area contributed by atoms with Gasteiger partial charge in [0.15, 0.2) is 0 Å². The average Bonchev–Trinajstić information content (AvgIpc) is 2.68. The van der Waals surface area contributed by atoms with Crippen LogP contribution in [0.25, 0.3) is 0 Å². The fourth-order valence-corrected chi connectivity index (χ4v) is 2.96. The van der Waals surface area contributed by atoms with Gasteiger partial charge in [-0.05, 0) is 52.3 Å². The van der Waals surface area contributed by atoms with E-state index >= 15 is 0 Å². The molecule has 0 saturated carbocycles. The van der Waals surface area contributed by atoms with Gasteiger partial charge in [0.05, 0.1) is 10.5 Å². The summed E-state index contributed by atoms with van der Waals surface area (Å²) in [5.41, 5.74) is 5.46. The smallest absolute Gasteiger partial charge is 0.334 e. The molecule has 9 nitrogen and oxygen atoms in total. The summed E-state index contributed by atoms with van der Waals surface area (Å²) in [6, 6.07) is 13.8. The highest BCUT2D eigenvalue weighted by Gasteiger charge is 2.24. The lowest BCUT2D eigenvalue weighted by atomic mass is 10.2. The van der Waals surface area contributed by atoms with Gasteiger partial charge in [0.1, 0.15) is 6.33 Å². The monoisotopic (exact) mass is 506 g/mol. The lowest BCUT2D eigenvalue weighted by molar-refractivity contribution is -0.383. The van der Waals surface area contributed by atoms with Crippen LogP contribution < -0.4 is 16.2 Å². The van der Waals surface area contributed by atoms with Crippen LogP contribution in [-0.4, -0.2) is 20.8 Å². The number of nitrogens with zero attached hydrogens (tertiary/aromatic N) is 3. The summed E-state index contributed by atoms with van der Waals surface area (Å²) in [6.07, 6.45) is 1.15. The predicted molar refractivity (Wildman–Crippen MR) is 111 cm³/mol. The number of halogens is 2. The number of nitrogens with one attached hydrogen (secondary N) is 3. The number of rotatable bonds is 6. The van der Waals surface area contributed by atoms with Crippen LogP contribution in [0.1, 0.15) is 10.4 Å². The van der Waals surface area contributed by atoms with E-state index in [2.05, 4.69) is 58.0 Å². The zero-order valence-electron chi connectivity index (χ0n) is 14.0. The van der Waals surface area contributed by atoms with Crippen LogP contribution in [0.5, 0.6) is 0 Å². The van der Waals surface area contributed by atoms with E-state index in [1.165, 1.54) is 0 Å². The first-order chi connectivity index (χ1) is 13.5. The number of hydrazine groups is 1. The molecule has 0 unspecified atom stereocenters. The van der Waals surface area contributed by atoms with Crippen molar-refractivity contribution in [2.75, 3.05) is 10.7 Å². The van der Waals surface area contributed by atoms with Gasteiger partial charge in [-0.1, -0.05) is 28.1 Å². The van der Waals surface area contributed by atoms with E-state index < -0.39 is 16.5 Å². The van der Waals surface area contributed by atoms with Crippen molar-refractivity contribution in [3.05, 3.63) is 79.5 Å². The molecule has 0 aliphatic carbocycles. The largest absolute Gasteiger partial charge is 0.355 e. The van der Waals surface area contributed by atoms with Gasteiger partial charge in [0.2, 0.25) is 11.6 Å². The highest BCUT2D eigenvalue weighted by molar-refractivity contribution is 9.10. The normalized spacial score (nSPS) is 10.2. The van der Waals surface area contributed by atoms with Crippen molar-refractivity contribution < 1.29 is 9.72 Å². The second kappa shape index (κ2) is 8.76. The van der Waals surface area contributed by atoms with E-state index in [0.717, 1.165) is 10.8 Å². The van der Waals surface area contributed by atoms with E-state index in [-0.39, 0.29) is 11.6 Å². The predicted octanol–water partition coefficient (Wildman–Crippen LogP) is 4.41. The fraction of sp³-hybridized carbons (Fsp3) is 0. The van der Waals surface area contributed by atoms with Gasteiger partial charge < -0.3 is 5.32 Å². The van der Waals surface area contributed by atoms with Crippen LogP contribution in [0.15, 0.2) is 63.8 Å². The number of anilines is 3. The number of benzene rings is 2. The van der Waals surface area contributed by atoms with Crippen LogP contribution in [-0.2, 0) is 0 Å². The molecule has 0 radical (unpaired) electrons. The van der Waals surface area contributed by atoms with Crippen molar-refractivity contribution in [1.82, 2.24) is 15.4 Å². The second-order valence-electron chi connectivity index (χ2n) is 5.37. The molecule has 0 fully saturated rings. The summed E-state index contributed by atoms with van der Waals surface area (Å²) in [4.78, 5) is 31.0. The minimum atomic E-state index is -0.631. The van der Waals surface area contributed by atoms with Crippen molar-refractivity contribution in [2.45, 2.75) is 0 Å². The fourth-order valence-electron chi connectivity index (χ4n) is 2.23. The van der Waals surface area contributed by atoms with Crippen molar-refractivity contribution in [3.63, 3.8) is 0 Å². The minimum absolute atomic E-state index is 0.0139. The van der Waals surface area contributed by atoms with E-state index in [9.17, 15) is 14.9 Å². The number of nitro groups is 1. The third kappa shape index (κ3) is 4.61. The third-order valence-electron chi connectivity index (χ3n) is 3.52. The van der Waals surface area contributed by atoms with Crippen molar-refractivity contribution in [3.8, 4) is 0 Å². The molecule has 1 aromatic heterocycles. The molecule has 0 aliphatic heterocycles. The van der Waals surface area contributed by atoms with Gasteiger partial charge in [-0.2, -0.15) is 0 Å². The molecule has 0 bridgehead atoms. The Morgan fingerprint density at radius 3 is 2.36 bits per heavy atom. The molecule has 1 heterocycles. The van der Waals surface area contributed by atoms with Crippen LogP contribution in [0, 0.1) is 10.1 Å². The van der Waals surface area contributed by atoms with Crippen molar-refractivity contribution in [2.24, 2.45) is 0 Å². The lowest BCUT2D eigenvalue weighted by Gasteiger charge is -2.11. The molecule has 0 saturated heterocycles.